The van der Waals surface area contributed by atoms with Crippen LogP contribution in [0.25, 0.3) is 0 Å². The van der Waals surface area contributed by atoms with Crippen molar-refractivity contribution >= 4 is 35.2 Å². The molecular formula is C24H21GaO6. The van der Waals surface area contributed by atoms with Crippen LogP contribution in [0.4, 0.5) is 0 Å². The quantitative estimate of drug-likeness (QED) is 0.490. The van der Waals surface area contributed by atoms with E-state index in [2.05, 4.69) is 0 Å². The van der Waals surface area contributed by atoms with Gasteiger partial charge in [0.15, 0.2) is 0 Å². The van der Waals surface area contributed by atoms with Gasteiger partial charge in [-0.2, -0.15) is 0 Å². The SMILES string of the molecule is Cc1cccc(C(=O)[O][Ga]([O]C(=O)c2cccc(C)c2)[O]C(=O)c2cccc(C)c2)c1. The summed E-state index contributed by atoms with van der Waals surface area (Å²) in [5.74, 6) is -2.12. The molecule has 0 unspecified atom stereocenters. The van der Waals surface area contributed by atoms with Crippen LogP contribution in [-0.4, -0.2) is 35.2 Å². The van der Waals surface area contributed by atoms with Crippen LogP contribution in [0.2, 0.25) is 0 Å². The number of rotatable bonds is 6. The molecule has 0 saturated heterocycles. The maximum absolute atomic E-state index is 12.6. The molecule has 0 bridgehead atoms. The number of hydrogen-bond donors (Lipinski definition) is 0. The van der Waals surface area contributed by atoms with Gasteiger partial charge in [-0.15, -0.1) is 0 Å². The molecule has 0 aliphatic carbocycles. The molecular weight excluding hydrogens is 454 g/mol. The van der Waals surface area contributed by atoms with Gasteiger partial charge in [0.25, 0.3) is 0 Å². The summed E-state index contributed by atoms with van der Waals surface area (Å²) in [5, 5.41) is 0. The minimum atomic E-state index is -4.09. The molecule has 0 saturated carbocycles. The molecule has 3 aromatic carbocycles. The summed E-state index contributed by atoms with van der Waals surface area (Å²) in [7, 11) is 0. The van der Waals surface area contributed by atoms with Crippen LogP contribution in [0, 0.1) is 20.8 Å². The summed E-state index contributed by atoms with van der Waals surface area (Å²) in [4.78, 5) is 37.8. The van der Waals surface area contributed by atoms with Gasteiger partial charge in [-0.3, -0.25) is 0 Å². The summed E-state index contributed by atoms with van der Waals surface area (Å²) in [5.41, 5.74) is 3.46. The Balaban J connectivity index is 1.81. The Morgan fingerprint density at radius 2 is 0.839 bits per heavy atom. The van der Waals surface area contributed by atoms with Crippen LogP contribution in [0.3, 0.4) is 0 Å². The molecule has 7 heteroatoms. The van der Waals surface area contributed by atoms with Gasteiger partial charge in [0.05, 0.1) is 0 Å². The van der Waals surface area contributed by atoms with Crippen LogP contribution >= 0.6 is 0 Å². The van der Waals surface area contributed by atoms with Crippen LogP contribution in [-0.2, 0) is 10.6 Å². The normalized spacial score (nSPS) is 10.2. The van der Waals surface area contributed by atoms with E-state index in [0.717, 1.165) is 16.7 Å². The van der Waals surface area contributed by atoms with Crippen molar-refractivity contribution in [1.82, 2.24) is 0 Å². The van der Waals surface area contributed by atoms with Gasteiger partial charge < -0.3 is 0 Å². The molecule has 0 amide bonds. The Morgan fingerprint density at radius 3 is 1.10 bits per heavy atom. The Hall–Kier alpha value is -3.29. The second-order valence-corrected chi connectivity index (χ2v) is 9.81. The van der Waals surface area contributed by atoms with Gasteiger partial charge in [0.2, 0.25) is 0 Å². The Kier molecular flexibility index (Phi) is 7.33. The van der Waals surface area contributed by atoms with E-state index in [1.54, 1.807) is 54.6 Å². The fraction of sp³-hybridized carbons (Fsp3) is 0.125. The third kappa shape index (κ3) is 6.34. The molecule has 0 spiro atoms. The van der Waals surface area contributed by atoms with Crippen molar-refractivity contribution in [3.05, 3.63) is 106 Å². The van der Waals surface area contributed by atoms with Crippen molar-refractivity contribution in [3.8, 4) is 0 Å². The number of benzene rings is 3. The molecule has 156 valence electrons. The number of carbonyl (C=O) groups excluding carboxylic acids is 3. The van der Waals surface area contributed by atoms with Crippen molar-refractivity contribution in [3.63, 3.8) is 0 Å². The van der Waals surface area contributed by atoms with Crippen molar-refractivity contribution in [2.24, 2.45) is 0 Å². The van der Waals surface area contributed by atoms with Gasteiger partial charge in [0.1, 0.15) is 0 Å². The average Bonchev–Trinajstić information content (AvgIpc) is 2.73. The number of aryl methyl sites for hydroxylation is 3. The molecule has 3 rings (SSSR count). The van der Waals surface area contributed by atoms with Crippen LogP contribution in [0.15, 0.2) is 72.8 Å². The van der Waals surface area contributed by atoms with Crippen molar-refractivity contribution in [1.29, 1.82) is 0 Å². The Labute approximate surface area is 187 Å². The topological polar surface area (TPSA) is 78.9 Å². The summed E-state index contributed by atoms with van der Waals surface area (Å²) < 4.78 is 16.2. The number of carbonyl (C=O) groups is 3. The van der Waals surface area contributed by atoms with E-state index in [-0.39, 0.29) is 16.7 Å². The molecule has 0 aromatic heterocycles. The van der Waals surface area contributed by atoms with Crippen molar-refractivity contribution in [2.45, 2.75) is 20.8 Å². The van der Waals surface area contributed by atoms with E-state index in [1.807, 2.05) is 39.0 Å². The van der Waals surface area contributed by atoms with E-state index in [9.17, 15) is 14.4 Å². The summed E-state index contributed by atoms with van der Waals surface area (Å²) in [6.07, 6.45) is 0. The molecule has 0 radical (unpaired) electrons. The molecule has 3 aromatic rings. The van der Waals surface area contributed by atoms with E-state index >= 15 is 0 Å². The van der Waals surface area contributed by atoms with Gasteiger partial charge in [-0.05, 0) is 0 Å². The minimum absolute atomic E-state index is 0.286. The van der Waals surface area contributed by atoms with E-state index in [4.69, 9.17) is 10.6 Å². The van der Waals surface area contributed by atoms with E-state index in [0.29, 0.717) is 0 Å². The molecule has 0 heterocycles. The first-order valence-corrected chi connectivity index (χ1v) is 12.6. The summed E-state index contributed by atoms with van der Waals surface area (Å²) >= 11 is -4.09. The zero-order valence-corrected chi connectivity index (χ0v) is 19.9. The Bertz CT molecular complexity index is 983. The fourth-order valence-corrected chi connectivity index (χ4v) is 5.11. The molecule has 0 atom stereocenters. The second kappa shape index (κ2) is 10.1. The third-order valence-corrected chi connectivity index (χ3v) is 6.93. The summed E-state index contributed by atoms with van der Waals surface area (Å²) in [6, 6.07) is 20.3. The molecule has 31 heavy (non-hydrogen) atoms. The average molecular weight is 475 g/mol. The maximum atomic E-state index is 12.6. The molecule has 0 fully saturated rings. The van der Waals surface area contributed by atoms with Gasteiger partial charge in [-0.25, -0.2) is 0 Å². The predicted molar refractivity (Wildman–Crippen MR) is 116 cm³/mol. The van der Waals surface area contributed by atoms with Gasteiger partial charge in [-0.1, -0.05) is 0 Å². The molecule has 0 aliphatic heterocycles. The first-order valence-electron chi connectivity index (χ1n) is 9.65. The monoisotopic (exact) mass is 474 g/mol. The van der Waals surface area contributed by atoms with Crippen LogP contribution in [0.5, 0.6) is 0 Å². The van der Waals surface area contributed by atoms with Gasteiger partial charge >= 0.3 is 187 Å². The zero-order valence-electron chi connectivity index (χ0n) is 17.5. The van der Waals surface area contributed by atoms with E-state index in [1.165, 1.54) is 0 Å². The number of hydrogen-bond acceptors (Lipinski definition) is 6. The van der Waals surface area contributed by atoms with E-state index < -0.39 is 35.2 Å². The molecule has 0 N–H and O–H groups in total. The van der Waals surface area contributed by atoms with Crippen molar-refractivity contribution in [2.75, 3.05) is 0 Å². The van der Waals surface area contributed by atoms with Crippen LogP contribution < -0.4 is 0 Å². The second-order valence-electron chi connectivity index (χ2n) is 7.11. The molecule has 0 aliphatic rings. The van der Waals surface area contributed by atoms with Crippen LogP contribution in [0.1, 0.15) is 47.8 Å². The zero-order chi connectivity index (χ0) is 22.4. The molecule has 6 nitrogen and oxygen atoms in total. The first kappa shape index (κ1) is 22.4. The fourth-order valence-electron chi connectivity index (χ4n) is 2.85. The standard InChI is InChI=1S/3C8H8O2.Ga/c3*1-6-3-2-4-7(5-6)8(9)10;/h3*2-5H,1H3,(H,9,10);/q;;;+3/p-3. The first-order chi connectivity index (χ1) is 14.8. The summed E-state index contributed by atoms with van der Waals surface area (Å²) in [6.45, 7) is 5.52. The van der Waals surface area contributed by atoms with Gasteiger partial charge in [0, 0.05) is 0 Å². The Morgan fingerprint density at radius 1 is 0.548 bits per heavy atom. The third-order valence-electron chi connectivity index (χ3n) is 4.37. The predicted octanol–water partition coefficient (Wildman–Crippen LogP) is 4.47. The van der Waals surface area contributed by atoms with Crippen molar-refractivity contribution < 1.29 is 25.0 Å².